The van der Waals surface area contributed by atoms with E-state index in [9.17, 15) is 17.6 Å². The average molecular weight is 535 g/mol. The molecule has 0 aliphatic carbocycles. The Morgan fingerprint density at radius 2 is 1.64 bits per heavy atom. The number of amides is 1. The number of hydrogen-bond donors (Lipinski definition) is 0. The van der Waals surface area contributed by atoms with Crippen molar-refractivity contribution < 1.29 is 17.6 Å². The highest BCUT2D eigenvalue weighted by Gasteiger charge is 2.25. The number of nitrogens with zero attached hydrogens (tertiary/aromatic N) is 4. The zero-order chi connectivity index (χ0) is 26.3. The minimum absolute atomic E-state index is 0.161. The van der Waals surface area contributed by atoms with Crippen LogP contribution in [0.5, 0.6) is 0 Å². The second-order valence-electron chi connectivity index (χ2n) is 8.44. The Bertz CT molecular complexity index is 1260. The first kappa shape index (κ1) is 28.2. The summed E-state index contributed by atoms with van der Waals surface area (Å²) in [7, 11) is -3.64. The molecular weight excluding hydrogens is 499 g/mol. The van der Waals surface area contributed by atoms with E-state index in [0.29, 0.717) is 41.6 Å². The number of rotatable bonds is 13. The monoisotopic (exact) mass is 534 g/mol. The highest BCUT2D eigenvalue weighted by Crippen LogP contribution is 2.31. The van der Waals surface area contributed by atoms with Crippen LogP contribution in [0.15, 0.2) is 47.4 Å². The standard InChI is InChI=1S/C26H35FN4O3S2/c1-5-9-17-30(8-4)36(33,34)21-15-13-20(14-16-21)25(32)31(19-18-29(6-2)7-3)26-28-24-22(27)11-10-12-23(24)35-26/h10-16H,5-9,17-19H2,1-4H3. The molecule has 0 spiro atoms. The second kappa shape index (κ2) is 12.7. The molecule has 0 bridgehead atoms. The number of carbonyl (C=O) groups is 1. The second-order valence-corrected chi connectivity index (χ2v) is 11.4. The minimum Gasteiger partial charge on any atom is -0.302 e. The van der Waals surface area contributed by atoms with Crippen molar-refractivity contribution in [3.05, 3.63) is 53.8 Å². The number of unbranched alkanes of at least 4 members (excludes halogenated alkanes) is 1. The first-order chi connectivity index (χ1) is 17.3. The molecule has 3 rings (SSSR count). The molecule has 1 aromatic heterocycles. The van der Waals surface area contributed by atoms with Crippen LogP contribution in [0.2, 0.25) is 0 Å². The lowest BCUT2D eigenvalue weighted by molar-refractivity contribution is 0.0983. The molecule has 0 saturated carbocycles. The number of anilines is 1. The van der Waals surface area contributed by atoms with Gasteiger partial charge in [0.05, 0.1) is 9.60 Å². The number of halogens is 1. The zero-order valence-electron chi connectivity index (χ0n) is 21.4. The van der Waals surface area contributed by atoms with Crippen molar-refractivity contribution in [3.8, 4) is 0 Å². The van der Waals surface area contributed by atoms with Gasteiger partial charge in [-0.25, -0.2) is 17.8 Å². The normalized spacial score (nSPS) is 12.1. The number of aromatic nitrogens is 1. The van der Waals surface area contributed by atoms with Gasteiger partial charge >= 0.3 is 0 Å². The summed E-state index contributed by atoms with van der Waals surface area (Å²) in [6.07, 6.45) is 1.69. The van der Waals surface area contributed by atoms with E-state index in [1.165, 1.54) is 33.8 Å². The first-order valence-corrected chi connectivity index (χ1v) is 14.7. The van der Waals surface area contributed by atoms with Crippen LogP contribution < -0.4 is 4.90 Å². The van der Waals surface area contributed by atoms with Gasteiger partial charge in [0.1, 0.15) is 11.3 Å². The summed E-state index contributed by atoms with van der Waals surface area (Å²) < 4.78 is 42.6. The van der Waals surface area contributed by atoms with Crippen molar-refractivity contribution in [3.63, 3.8) is 0 Å². The summed E-state index contributed by atoms with van der Waals surface area (Å²) in [5.74, 6) is -0.729. The molecule has 0 aliphatic rings. The zero-order valence-corrected chi connectivity index (χ0v) is 23.0. The molecule has 0 N–H and O–H groups in total. The Morgan fingerprint density at radius 3 is 2.22 bits per heavy atom. The fraction of sp³-hybridized carbons (Fsp3) is 0.462. The van der Waals surface area contributed by atoms with Crippen LogP contribution in [0.25, 0.3) is 10.2 Å². The smallest absolute Gasteiger partial charge is 0.260 e. The molecule has 0 atom stereocenters. The van der Waals surface area contributed by atoms with Gasteiger partial charge in [-0.1, -0.05) is 51.5 Å². The van der Waals surface area contributed by atoms with Gasteiger partial charge in [0.25, 0.3) is 5.91 Å². The Morgan fingerprint density at radius 1 is 0.944 bits per heavy atom. The van der Waals surface area contributed by atoms with Gasteiger partial charge in [0, 0.05) is 31.7 Å². The van der Waals surface area contributed by atoms with Crippen molar-refractivity contribution >= 4 is 42.6 Å². The van der Waals surface area contributed by atoms with Gasteiger partial charge in [-0.05, 0) is 55.9 Å². The SMILES string of the molecule is CCCCN(CC)S(=O)(=O)c1ccc(C(=O)N(CCN(CC)CC)c2nc3c(F)cccc3s2)cc1. The number of likely N-dealkylation sites (N-methyl/N-ethyl adjacent to an activating group) is 1. The summed E-state index contributed by atoms with van der Waals surface area (Å²) >= 11 is 1.26. The van der Waals surface area contributed by atoms with E-state index in [4.69, 9.17) is 0 Å². The van der Waals surface area contributed by atoms with Crippen LogP contribution in [0.4, 0.5) is 9.52 Å². The molecule has 0 radical (unpaired) electrons. The van der Waals surface area contributed by atoms with E-state index >= 15 is 0 Å². The fourth-order valence-corrected chi connectivity index (χ4v) is 6.43. The number of benzene rings is 2. The maximum absolute atomic E-state index is 14.3. The summed E-state index contributed by atoms with van der Waals surface area (Å²) in [6.45, 7) is 11.5. The van der Waals surface area contributed by atoms with Gasteiger partial charge < -0.3 is 4.90 Å². The quantitative estimate of drug-likeness (QED) is 0.300. The number of fused-ring (bicyclic) bond motifs is 1. The van der Waals surface area contributed by atoms with Crippen LogP contribution >= 0.6 is 11.3 Å². The molecule has 7 nitrogen and oxygen atoms in total. The number of sulfonamides is 1. The highest BCUT2D eigenvalue weighted by molar-refractivity contribution is 7.89. The molecule has 0 aliphatic heterocycles. The van der Waals surface area contributed by atoms with E-state index < -0.39 is 15.8 Å². The minimum atomic E-state index is -3.64. The summed E-state index contributed by atoms with van der Waals surface area (Å²) in [6, 6.07) is 10.8. The number of carbonyl (C=O) groups excluding carboxylic acids is 1. The lowest BCUT2D eigenvalue weighted by Gasteiger charge is -2.25. The van der Waals surface area contributed by atoms with Gasteiger partial charge in [-0.2, -0.15) is 4.31 Å². The third kappa shape index (κ3) is 6.29. The van der Waals surface area contributed by atoms with Gasteiger partial charge in [-0.15, -0.1) is 0 Å². The number of thiazole rings is 1. The van der Waals surface area contributed by atoms with Crippen molar-refractivity contribution in [2.45, 2.75) is 45.4 Å². The maximum atomic E-state index is 14.3. The Kier molecular flexibility index (Phi) is 9.95. The van der Waals surface area contributed by atoms with Crippen LogP contribution in [0, 0.1) is 5.82 Å². The van der Waals surface area contributed by atoms with Crippen molar-refractivity contribution in [1.82, 2.24) is 14.2 Å². The number of hydrogen-bond acceptors (Lipinski definition) is 6. The third-order valence-electron chi connectivity index (χ3n) is 6.22. The van der Waals surface area contributed by atoms with Crippen molar-refractivity contribution in [1.29, 1.82) is 0 Å². The van der Waals surface area contributed by atoms with Crippen LogP contribution in [0.1, 0.15) is 50.9 Å². The van der Waals surface area contributed by atoms with E-state index in [0.717, 1.165) is 25.9 Å². The lowest BCUT2D eigenvalue weighted by Crippen LogP contribution is -2.39. The average Bonchev–Trinajstić information content (AvgIpc) is 3.32. The van der Waals surface area contributed by atoms with E-state index in [-0.39, 0.29) is 16.3 Å². The third-order valence-corrected chi connectivity index (χ3v) is 9.25. The molecule has 0 fully saturated rings. The van der Waals surface area contributed by atoms with E-state index in [1.54, 1.807) is 29.2 Å². The molecule has 1 amide bonds. The first-order valence-electron chi connectivity index (χ1n) is 12.5. The molecule has 0 unspecified atom stereocenters. The van der Waals surface area contributed by atoms with Gasteiger partial charge in [0.2, 0.25) is 10.0 Å². The Balaban J connectivity index is 1.92. The summed E-state index contributed by atoms with van der Waals surface area (Å²) in [4.78, 5) is 22.0. The Hall–Kier alpha value is -2.40. The predicted molar refractivity (Wildman–Crippen MR) is 145 cm³/mol. The molecule has 196 valence electrons. The molecule has 3 aromatic rings. The van der Waals surface area contributed by atoms with Crippen molar-refractivity contribution in [2.24, 2.45) is 0 Å². The molecule has 1 heterocycles. The van der Waals surface area contributed by atoms with Gasteiger partial charge in [-0.3, -0.25) is 9.69 Å². The molecule has 10 heteroatoms. The molecule has 0 saturated heterocycles. The lowest BCUT2D eigenvalue weighted by atomic mass is 10.2. The predicted octanol–water partition coefficient (Wildman–Crippen LogP) is 5.23. The molecular formula is C26H35FN4O3S2. The topological polar surface area (TPSA) is 73.8 Å². The number of para-hydroxylation sites is 1. The fourth-order valence-electron chi connectivity index (χ4n) is 3.94. The van der Waals surface area contributed by atoms with Gasteiger partial charge in [0.15, 0.2) is 5.13 Å². The largest absolute Gasteiger partial charge is 0.302 e. The molecule has 36 heavy (non-hydrogen) atoms. The van der Waals surface area contributed by atoms with Crippen LogP contribution in [-0.2, 0) is 10.0 Å². The van der Waals surface area contributed by atoms with E-state index in [2.05, 4.69) is 23.7 Å². The van der Waals surface area contributed by atoms with E-state index in [1.807, 2.05) is 13.8 Å². The maximum Gasteiger partial charge on any atom is 0.260 e. The van der Waals surface area contributed by atoms with Crippen LogP contribution in [0.3, 0.4) is 0 Å². The highest BCUT2D eigenvalue weighted by atomic mass is 32.2. The van der Waals surface area contributed by atoms with Crippen molar-refractivity contribution in [2.75, 3.05) is 44.2 Å². The molecule has 2 aromatic carbocycles. The Labute approximate surface area is 217 Å². The summed E-state index contributed by atoms with van der Waals surface area (Å²) in [5, 5.41) is 0.417. The summed E-state index contributed by atoms with van der Waals surface area (Å²) in [5.41, 5.74) is 0.594. The van der Waals surface area contributed by atoms with Crippen LogP contribution in [-0.4, -0.2) is 67.8 Å².